The first-order chi connectivity index (χ1) is 8.00. The molecule has 3 nitrogen and oxygen atoms in total. The maximum atomic E-state index is 12.3. The molecule has 1 heterocycles. The van der Waals surface area contributed by atoms with Gasteiger partial charge in [0, 0.05) is 18.6 Å². The van der Waals surface area contributed by atoms with E-state index in [1.54, 1.807) is 0 Å². The zero-order valence-corrected chi connectivity index (χ0v) is 11.5. The van der Waals surface area contributed by atoms with Crippen molar-refractivity contribution in [2.24, 2.45) is 5.92 Å². The third-order valence-electron chi connectivity index (χ3n) is 4.22. The fraction of sp³-hybridized carbons (Fsp3) is 0.929. The summed E-state index contributed by atoms with van der Waals surface area (Å²) in [6.07, 6.45) is 6.24. The van der Waals surface area contributed by atoms with Gasteiger partial charge in [0.05, 0.1) is 6.04 Å². The van der Waals surface area contributed by atoms with E-state index in [0.29, 0.717) is 5.91 Å². The predicted molar refractivity (Wildman–Crippen MR) is 69.8 cm³/mol. The second-order valence-corrected chi connectivity index (χ2v) is 6.25. The highest BCUT2D eigenvalue weighted by molar-refractivity contribution is 5.81. The van der Waals surface area contributed by atoms with Gasteiger partial charge in [0.15, 0.2) is 0 Å². The van der Waals surface area contributed by atoms with Gasteiger partial charge in [-0.3, -0.25) is 4.79 Å². The van der Waals surface area contributed by atoms with Crippen LogP contribution in [0.4, 0.5) is 0 Å². The molecular weight excluding hydrogens is 212 g/mol. The lowest BCUT2D eigenvalue weighted by molar-refractivity contribution is -0.134. The van der Waals surface area contributed by atoms with Crippen molar-refractivity contribution < 1.29 is 4.79 Å². The van der Waals surface area contributed by atoms with E-state index in [0.717, 1.165) is 19.0 Å². The van der Waals surface area contributed by atoms with Gasteiger partial charge in [-0.25, -0.2) is 0 Å². The molecule has 2 aliphatic rings. The quantitative estimate of drug-likeness (QED) is 0.814. The van der Waals surface area contributed by atoms with Crippen molar-refractivity contribution in [3.05, 3.63) is 0 Å². The van der Waals surface area contributed by atoms with E-state index in [1.165, 1.54) is 32.1 Å². The molecule has 0 bridgehead atoms. The first-order valence-corrected chi connectivity index (χ1v) is 7.07. The topological polar surface area (TPSA) is 32.3 Å². The van der Waals surface area contributed by atoms with Crippen LogP contribution in [0.15, 0.2) is 0 Å². The van der Waals surface area contributed by atoms with Crippen molar-refractivity contribution in [1.29, 1.82) is 0 Å². The van der Waals surface area contributed by atoms with Gasteiger partial charge >= 0.3 is 0 Å². The summed E-state index contributed by atoms with van der Waals surface area (Å²) in [5, 5.41) is 3.52. The number of carbonyl (C=O) groups excluding carboxylic acids is 1. The molecule has 1 unspecified atom stereocenters. The molecule has 2 fully saturated rings. The van der Waals surface area contributed by atoms with Crippen LogP contribution >= 0.6 is 0 Å². The van der Waals surface area contributed by atoms with Crippen LogP contribution in [0.3, 0.4) is 0 Å². The molecular formula is C14H26N2O. The van der Waals surface area contributed by atoms with Crippen LogP contribution in [0.25, 0.3) is 0 Å². The molecule has 0 aromatic heterocycles. The summed E-state index contributed by atoms with van der Waals surface area (Å²) in [4.78, 5) is 14.3. The van der Waals surface area contributed by atoms with Crippen LogP contribution in [-0.4, -0.2) is 35.5 Å². The van der Waals surface area contributed by atoms with Gasteiger partial charge in [-0.05, 0) is 58.8 Å². The average Bonchev–Trinajstić information content (AvgIpc) is 3.12. The fourth-order valence-corrected chi connectivity index (χ4v) is 2.93. The highest BCUT2D eigenvalue weighted by Gasteiger charge is 2.39. The minimum atomic E-state index is -0.0382. The van der Waals surface area contributed by atoms with Gasteiger partial charge < -0.3 is 10.2 Å². The number of nitrogens with zero attached hydrogens (tertiary/aromatic N) is 1. The van der Waals surface area contributed by atoms with Crippen LogP contribution < -0.4 is 5.32 Å². The van der Waals surface area contributed by atoms with Crippen molar-refractivity contribution in [3.8, 4) is 0 Å². The van der Waals surface area contributed by atoms with E-state index in [2.05, 4.69) is 19.2 Å². The molecule has 98 valence electrons. The number of carbonyl (C=O) groups is 1. The summed E-state index contributed by atoms with van der Waals surface area (Å²) >= 11 is 0. The van der Waals surface area contributed by atoms with E-state index in [-0.39, 0.29) is 11.6 Å². The minimum Gasteiger partial charge on any atom is -0.341 e. The molecule has 2 rings (SSSR count). The van der Waals surface area contributed by atoms with E-state index in [1.807, 2.05) is 11.8 Å². The zero-order valence-electron chi connectivity index (χ0n) is 11.5. The lowest BCUT2D eigenvalue weighted by Gasteiger charge is -2.34. The monoisotopic (exact) mass is 238 g/mol. The highest BCUT2D eigenvalue weighted by atomic mass is 16.2. The van der Waals surface area contributed by atoms with Crippen molar-refractivity contribution in [2.45, 2.75) is 64.5 Å². The molecule has 1 aliphatic heterocycles. The lowest BCUT2D eigenvalue weighted by atomic mass is 9.97. The molecule has 1 aliphatic carbocycles. The Labute approximate surface area is 105 Å². The number of piperidine rings is 1. The van der Waals surface area contributed by atoms with Crippen LogP contribution in [0.2, 0.25) is 0 Å². The van der Waals surface area contributed by atoms with Gasteiger partial charge in [-0.15, -0.1) is 0 Å². The second-order valence-electron chi connectivity index (χ2n) is 6.25. The first kappa shape index (κ1) is 12.9. The maximum Gasteiger partial charge on any atom is 0.239 e. The number of hydrogen-bond donors (Lipinski definition) is 1. The summed E-state index contributed by atoms with van der Waals surface area (Å²) in [7, 11) is 0. The van der Waals surface area contributed by atoms with Gasteiger partial charge in [-0.2, -0.15) is 0 Å². The second kappa shape index (κ2) is 4.97. The Balaban J connectivity index is 1.85. The smallest absolute Gasteiger partial charge is 0.239 e. The average molecular weight is 238 g/mol. The summed E-state index contributed by atoms with van der Waals surface area (Å²) in [6, 6.07) is -0.0382. The summed E-state index contributed by atoms with van der Waals surface area (Å²) in [6.45, 7) is 8.37. The Morgan fingerprint density at radius 3 is 2.35 bits per heavy atom. The Kier molecular flexibility index (Phi) is 3.76. The Bertz CT molecular complexity index is 278. The van der Waals surface area contributed by atoms with Crippen molar-refractivity contribution >= 4 is 5.91 Å². The SMILES string of the molecule is CC(NC(C)(C)C1CC1)C(=O)N1CCCCC1. The largest absolute Gasteiger partial charge is 0.341 e. The van der Waals surface area contributed by atoms with E-state index >= 15 is 0 Å². The molecule has 0 aromatic rings. The summed E-state index contributed by atoms with van der Waals surface area (Å²) in [5.41, 5.74) is 0.116. The zero-order chi connectivity index (χ0) is 12.5. The van der Waals surface area contributed by atoms with Crippen LogP contribution in [0.5, 0.6) is 0 Å². The number of hydrogen-bond acceptors (Lipinski definition) is 2. The van der Waals surface area contributed by atoms with E-state index < -0.39 is 0 Å². The van der Waals surface area contributed by atoms with E-state index in [9.17, 15) is 4.79 Å². The third kappa shape index (κ3) is 3.21. The summed E-state index contributed by atoms with van der Waals surface area (Å²) in [5.74, 6) is 1.05. The number of rotatable bonds is 4. The standard InChI is InChI=1S/C14H26N2O/c1-11(15-14(2,3)12-7-8-12)13(17)16-9-5-4-6-10-16/h11-12,15H,4-10H2,1-3H3. The minimum absolute atomic E-state index is 0.0382. The molecule has 1 amide bonds. The van der Waals surface area contributed by atoms with E-state index in [4.69, 9.17) is 0 Å². The number of amides is 1. The Hall–Kier alpha value is -0.570. The van der Waals surface area contributed by atoms with Gasteiger partial charge in [0.25, 0.3) is 0 Å². The van der Waals surface area contributed by atoms with Crippen LogP contribution in [0.1, 0.15) is 52.9 Å². The summed E-state index contributed by atoms with van der Waals surface area (Å²) < 4.78 is 0. The molecule has 3 heteroatoms. The molecule has 0 spiro atoms. The molecule has 1 saturated carbocycles. The molecule has 0 aromatic carbocycles. The number of likely N-dealkylation sites (tertiary alicyclic amines) is 1. The van der Waals surface area contributed by atoms with Gasteiger partial charge in [0.2, 0.25) is 5.91 Å². The predicted octanol–water partition coefficient (Wildman–Crippen LogP) is 2.17. The lowest BCUT2D eigenvalue weighted by Crippen LogP contribution is -2.54. The first-order valence-electron chi connectivity index (χ1n) is 7.07. The molecule has 0 radical (unpaired) electrons. The van der Waals surface area contributed by atoms with Gasteiger partial charge in [0.1, 0.15) is 0 Å². The Morgan fingerprint density at radius 2 is 1.82 bits per heavy atom. The van der Waals surface area contributed by atoms with Crippen molar-refractivity contribution in [2.75, 3.05) is 13.1 Å². The molecule has 17 heavy (non-hydrogen) atoms. The van der Waals surface area contributed by atoms with Crippen molar-refractivity contribution in [1.82, 2.24) is 10.2 Å². The van der Waals surface area contributed by atoms with Crippen molar-refractivity contribution in [3.63, 3.8) is 0 Å². The van der Waals surface area contributed by atoms with Gasteiger partial charge in [-0.1, -0.05) is 0 Å². The third-order valence-corrected chi connectivity index (χ3v) is 4.22. The van der Waals surface area contributed by atoms with Crippen LogP contribution in [0, 0.1) is 5.92 Å². The fourth-order valence-electron chi connectivity index (χ4n) is 2.93. The molecule has 1 saturated heterocycles. The molecule has 1 N–H and O–H groups in total. The Morgan fingerprint density at radius 1 is 1.24 bits per heavy atom. The molecule has 1 atom stereocenters. The highest BCUT2D eigenvalue weighted by Crippen LogP contribution is 2.39. The van der Waals surface area contributed by atoms with Crippen LogP contribution in [-0.2, 0) is 4.79 Å². The normalized spacial score (nSPS) is 23.6. The maximum absolute atomic E-state index is 12.3. The number of nitrogens with one attached hydrogen (secondary N) is 1.